The number of aromatic nitrogens is 3. The van der Waals surface area contributed by atoms with Gasteiger partial charge in [0, 0.05) is 37.4 Å². The van der Waals surface area contributed by atoms with Crippen molar-refractivity contribution in [1.29, 1.82) is 0 Å². The van der Waals surface area contributed by atoms with Crippen LogP contribution in [-0.2, 0) is 27.4 Å². The third kappa shape index (κ3) is 4.92. The lowest BCUT2D eigenvalue weighted by molar-refractivity contribution is -0.124. The van der Waals surface area contributed by atoms with E-state index < -0.39 is 0 Å². The molecule has 2 aliphatic heterocycles. The smallest absolute Gasteiger partial charge is 0.231 e. The molecule has 2 aromatic rings. The van der Waals surface area contributed by atoms with E-state index in [1.54, 1.807) is 6.20 Å². The van der Waals surface area contributed by atoms with Crippen molar-refractivity contribution in [3.63, 3.8) is 0 Å². The summed E-state index contributed by atoms with van der Waals surface area (Å²) in [6, 6.07) is 3.98. The van der Waals surface area contributed by atoms with Crippen molar-refractivity contribution in [3.05, 3.63) is 30.1 Å². The summed E-state index contributed by atoms with van der Waals surface area (Å²) in [4.78, 5) is 20.4. The standard InChI is InChI=1S/C25H35N5O3/c1-17(2)33-21-7-5-19(6-8-21)25(31)29-16-20-4-3-11-26-23(20)28-22-14-27-30(24(22)29)15-18-9-12-32-13-10-18/h3-4,11,14,17-19,21H,5-10,12-13,15-16H2,1-2H3,(H,26,28). The number of hydrogen-bond acceptors (Lipinski definition) is 6. The van der Waals surface area contributed by atoms with Gasteiger partial charge in [-0.25, -0.2) is 9.67 Å². The van der Waals surface area contributed by atoms with E-state index >= 15 is 0 Å². The van der Waals surface area contributed by atoms with Crippen LogP contribution >= 0.6 is 0 Å². The van der Waals surface area contributed by atoms with Crippen LogP contribution in [0.3, 0.4) is 0 Å². The van der Waals surface area contributed by atoms with E-state index in [4.69, 9.17) is 14.6 Å². The number of hydrogen-bond donors (Lipinski definition) is 1. The minimum atomic E-state index is 0.00881. The van der Waals surface area contributed by atoms with Gasteiger partial charge in [-0.05, 0) is 64.4 Å². The highest BCUT2D eigenvalue weighted by molar-refractivity contribution is 5.98. The van der Waals surface area contributed by atoms with Crippen LogP contribution in [0, 0.1) is 11.8 Å². The molecule has 1 aliphatic carbocycles. The lowest BCUT2D eigenvalue weighted by Gasteiger charge is -2.33. The Labute approximate surface area is 195 Å². The van der Waals surface area contributed by atoms with Crippen LogP contribution < -0.4 is 10.2 Å². The van der Waals surface area contributed by atoms with Crippen LogP contribution in [0.5, 0.6) is 0 Å². The Morgan fingerprint density at radius 2 is 2.00 bits per heavy atom. The predicted octanol–water partition coefficient (Wildman–Crippen LogP) is 4.28. The normalized spacial score (nSPS) is 23.5. The lowest BCUT2D eigenvalue weighted by atomic mass is 9.86. The van der Waals surface area contributed by atoms with E-state index in [0.717, 1.165) is 81.2 Å². The first-order valence-corrected chi connectivity index (χ1v) is 12.4. The van der Waals surface area contributed by atoms with E-state index in [2.05, 4.69) is 24.1 Å². The molecule has 3 aliphatic rings. The average molecular weight is 454 g/mol. The zero-order valence-corrected chi connectivity index (χ0v) is 19.7. The van der Waals surface area contributed by atoms with E-state index in [1.165, 1.54) is 0 Å². The summed E-state index contributed by atoms with van der Waals surface area (Å²) in [5.74, 6) is 2.37. The Hall–Kier alpha value is -2.45. The monoisotopic (exact) mass is 453 g/mol. The molecule has 0 spiro atoms. The molecule has 2 fully saturated rings. The van der Waals surface area contributed by atoms with Crippen molar-refractivity contribution in [1.82, 2.24) is 14.8 Å². The van der Waals surface area contributed by atoms with Gasteiger partial charge in [-0.1, -0.05) is 6.07 Å². The molecule has 1 N–H and O–H groups in total. The summed E-state index contributed by atoms with van der Waals surface area (Å²) >= 11 is 0. The molecular weight excluding hydrogens is 418 g/mol. The van der Waals surface area contributed by atoms with Crippen LogP contribution in [0.15, 0.2) is 24.5 Å². The van der Waals surface area contributed by atoms with Crippen molar-refractivity contribution in [2.45, 2.75) is 77.7 Å². The Morgan fingerprint density at radius 3 is 2.76 bits per heavy atom. The van der Waals surface area contributed by atoms with Gasteiger partial charge in [0.05, 0.1) is 24.9 Å². The maximum Gasteiger partial charge on any atom is 0.231 e. The summed E-state index contributed by atoms with van der Waals surface area (Å²) in [6.07, 6.45) is 9.77. The maximum atomic E-state index is 13.9. The number of rotatable bonds is 5. The third-order valence-corrected chi connectivity index (χ3v) is 7.07. The number of fused-ring (bicyclic) bond motifs is 2. The molecule has 4 heterocycles. The third-order valence-electron chi connectivity index (χ3n) is 7.07. The fourth-order valence-electron chi connectivity index (χ4n) is 5.34. The number of pyridine rings is 1. The van der Waals surface area contributed by atoms with E-state index in [9.17, 15) is 4.79 Å². The molecule has 1 saturated carbocycles. The summed E-state index contributed by atoms with van der Waals surface area (Å²) < 4.78 is 13.6. The second-order valence-electron chi connectivity index (χ2n) is 9.84. The Morgan fingerprint density at radius 1 is 1.21 bits per heavy atom. The number of amides is 1. The molecule has 0 radical (unpaired) electrons. The number of nitrogens with one attached hydrogen (secondary N) is 1. The highest BCUT2D eigenvalue weighted by Crippen LogP contribution is 2.38. The molecule has 8 nitrogen and oxygen atoms in total. The van der Waals surface area contributed by atoms with Gasteiger partial charge in [-0.15, -0.1) is 0 Å². The molecule has 8 heteroatoms. The zero-order chi connectivity index (χ0) is 22.8. The van der Waals surface area contributed by atoms with E-state index in [1.807, 2.05) is 27.9 Å². The Balaban J connectivity index is 1.41. The van der Waals surface area contributed by atoms with Crippen molar-refractivity contribution >= 4 is 23.2 Å². The van der Waals surface area contributed by atoms with Crippen molar-refractivity contribution in [3.8, 4) is 0 Å². The van der Waals surface area contributed by atoms with Crippen LogP contribution in [0.4, 0.5) is 17.3 Å². The molecule has 33 heavy (non-hydrogen) atoms. The Bertz CT molecular complexity index is 961. The first-order valence-electron chi connectivity index (χ1n) is 12.4. The minimum Gasteiger partial charge on any atom is -0.381 e. The van der Waals surface area contributed by atoms with Crippen molar-refractivity contribution in [2.24, 2.45) is 11.8 Å². The van der Waals surface area contributed by atoms with Gasteiger partial charge in [-0.3, -0.25) is 9.69 Å². The molecule has 178 valence electrons. The van der Waals surface area contributed by atoms with Crippen LogP contribution in [0.1, 0.15) is 57.9 Å². The number of anilines is 3. The highest BCUT2D eigenvalue weighted by atomic mass is 16.5. The number of ether oxygens (including phenoxy) is 2. The van der Waals surface area contributed by atoms with Gasteiger partial charge in [0.1, 0.15) is 11.5 Å². The molecule has 0 unspecified atom stereocenters. The van der Waals surface area contributed by atoms with Crippen molar-refractivity contribution < 1.29 is 14.3 Å². The van der Waals surface area contributed by atoms with Gasteiger partial charge in [0.2, 0.25) is 5.91 Å². The molecular formula is C25H35N5O3. The van der Waals surface area contributed by atoms with E-state index in [0.29, 0.717) is 12.5 Å². The van der Waals surface area contributed by atoms with Gasteiger partial charge in [0.25, 0.3) is 0 Å². The largest absolute Gasteiger partial charge is 0.381 e. The topological polar surface area (TPSA) is 81.5 Å². The second-order valence-corrected chi connectivity index (χ2v) is 9.84. The maximum absolute atomic E-state index is 13.9. The second kappa shape index (κ2) is 9.81. The molecule has 1 amide bonds. The average Bonchev–Trinajstić information content (AvgIpc) is 3.11. The molecule has 5 rings (SSSR count). The van der Waals surface area contributed by atoms with Crippen LogP contribution in [0.25, 0.3) is 0 Å². The summed E-state index contributed by atoms with van der Waals surface area (Å²) in [5, 5.41) is 8.14. The number of carbonyl (C=O) groups excluding carboxylic acids is 1. The van der Waals surface area contributed by atoms with Gasteiger partial charge in [0.15, 0.2) is 5.82 Å². The summed E-state index contributed by atoms with van der Waals surface area (Å²) in [7, 11) is 0. The highest BCUT2D eigenvalue weighted by Gasteiger charge is 2.35. The molecule has 0 atom stereocenters. The summed E-state index contributed by atoms with van der Waals surface area (Å²) in [6.45, 7) is 7.05. The van der Waals surface area contributed by atoms with E-state index in [-0.39, 0.29) is 24.0 Å². The minimum absolute atomic E-state index is 0.00881. The zero-order valence-electron chi connectivity index (χ0n) is 19.7. The SMILES string of the molecule is CC(C)OC1CCC(C(=O)N2Cc3cccnc3Nc3cnn(CC4CCOCC4)c32)CC1. The van der Waals surface area contributed by atoms with Crippen LogP contribution in [-0.4, -0.2) is 46.1 Å². The number of nitrogens with zero attached hydrogens (tertiary/aromatic N) is 4. The molecule has 2 aromatic heterocycles. The fraction of sp³-hybridized carbons (Fsp3) is 0.640. The Kier molecular flexibility index (Phi) is 6.64. The molecule has 0 bridgehead atoms. The summed E-state index contributed by atoms with van der Waals surface area (Å²) in [5.41, 5.74) is 1.88. The van der Waals surface area contributed by atoms with Crippen LogP contribution in [0.2, 0.25) is 0 Å². The van der Waals surface area contributed by atoms with Gasteiger partial charge in [-0.2, -0.15) is 5.10 Å². The quantitative estimate of drug-likeness (QED) is 0.728. The lowest BCUT2D eigenvalue weighted by Crippen LogP contribution is -2.40. The first kappa shape index (κ1) is 22.3. The molecule has 0 aromatic carbocycles. The number of carbonyl (C=O) groups is 1. The fourth-order valence-corrected chi connectivity index (χ4v) is 5.34. The molecule has 1 saturated heterocycles. The van der Waals surface area contributed by atoms with Gasteiger partial charge >= 0.3 is 0 Å². The van der Waals surface area contributed by atoms with Crippen molar-refractivity contribution in [2.75, 3.05) is 23.4 Å². The first-order chi connectivity index (χ1) is 16.1. The van der Waals surface area contributed by atoms with Gasteiger partial charge < -0.3 is 14.8 Å². The predicted molar refractivity (Wildman–Crippen MR) is 126 cm³/mol.